The summed E-state index contributed by atoms with van der Waals surface area (Å²) in [5.74, 6) is 0. The fourth-order valence-corrected chi connectivity index (χ4v) is 0.276. The van der Waals surface area contributed by atoms with Crippen LogP contribution in [0.4, 0.5) is 0 Å². The third-order valence-electron chi connectivity index (χ3n) is 0.576. The van der Waals surface area contributed by atoms with Crippen molar-refractivity contribution in [2.24, 2.45) is 5.16 Å². The van der Waals surface area contributed by atoms with Crippen LogP contribution in [0.25, 0.3) is 0 Å². The lowest BCUT2D eigenvalue weighted by Gasteiger charge is -1.90. The van der Waals surface area contributed by atoms with Crippen LogP contribution in [-0.4, -0.2) is 26.5 Å². The van der Waals surface area contributed by atoms with Crippen LogP contribution in [0, 0.1) is 0 Å². The molecule has 3 heteroatoms. The first-order chi connectivity index (χ1) is 3.91. The largest absolute Gasteiger partial charge is 0.399 e. The number of rotatable bonds is 4. The number of hydrogen-bond donors (Lipinski definition) is 0. The Morgan fingerprint density at radius 2 is 2.38 bits per heavy atom. The second-order valence-electron chi connectivity index (χ2n) is 1.13. The van der Waals surface area contributed by atoms with Gasteiger partial charge in [-0.2, -0.15) is 0 Å². The molecule has 0 aromatic heterocycles. The maximum Gasteiger partial charge on any atom is 0.106 e. The Labute approximate surface area is 49.3 Å². The molecule has 0 atom stereocenters. The van der Waals surface area contributed by atoms with E-state index in [2.05, 4.69) is 9.99 Å². The minimum atomic E-state index is 0.532. The van der Waals surface area contributed by atoms with Gasteiger partial charge in [-0.3, -0.25) is 0 Å². The maximum atomic E-state index is 4.91. The van der Waals surface area contributed by atoms with Crippen LogP contribution in [0.15, 0.2) is 5.16 Å². The Morgan fingerprint density at radius 3 is 2.88 bits per heavy atom. The van der Waals surface area contributed by atoms with Gasteiger partial charge >= 0.3 is 0 Å². The van der Waals surface area contributed by atoms with Gasteiger partial charge in [-0.25, -0.2) is 0 Å². The zero-order chi connectivity index (χ0) is 6.24. The van der Waals surface area contributed by atoms with E-state index in [0.717, 1.165) is 6.61 Å². The average Bonchev–Trinajstić information content (AvgIpc) is 1.81. The average molecular weight is 117 g/mol. The Balaban J connectivity index is 2.80. The summed E-state index contributed by atoms with van der Waals surface area (Å²) in [6, 6.07) is 0. The van der Waals surface area contributed by atoms with Gasteiger partial charge in [0.15, 0.2) is 0 Å². The smallest absolute Gasteiger partial charge is 0.106 e. The monoisotopic (exact) mass is 117 g/mol. The van der Waals surface area contributed by atoms with Crippen molar-refractivity contribution in [1.29, 1.82) is 0 Å². The summed E-state index contributed by atoms with van der Waals surface area (Å²) in [5.41, 5.74) is 0. The molecule has 0 aliphatic carbocycles. The third kappa shape index (κ3) is 5.43. The molecule has 0 fully saturated rings. The van der Waals surface area contributed by atoms with Gasteiger partial charge in [0.25, 0.3) is 0 Å². The minimum Gasteiger partial charge on any atom is -0.399 e. The fourth-order valence-electron chi connectivity index (χ4n) is 0.276. The highest BCUT2D eigenvalue weighted by Crippen LogP contribution is 1.69. The standard InChI is InChI=1S/C5H11NO2/c1-3-8-5-4-6-7-2/h4H,3,5H2,1-2H3. The van der Waals surface area contributed by atoms with Crippen LogP contribution in [0.2, 0.25) is 0 Å². The molecule has 0 aromatic rings. The van der Waals surface area contributed by atoms with Crippen molar-refractivity contribution in [2.75, 3.05) is 20.3 Å². The van der Waals surface area contributed by atoms with Gasteiger partial charge in [-0.1, -0.05) is 5.16 Å². The Bertz CT molecular complexity index is 63.4. The molecule has 0 aliphatic rings. The van der Waals surface area contributed by atoms with E-state index in [1.807, 2.05) is 6.92 Å². The van der Waals surface area contributed by atoms with Crippen molar-refractivity contribution in [3.63, 3.8) is 0 Å². The van der Waals surface area contributed by atoms with E-state index in [0.29, 0.717) is 6.61 Å². The van der Waals surface area contributed by atoms with Crippen LogP contribution < -0.4 is 0 Å². The predicted molar refractivity (Wildman–Crippen MR) is 32.0 cm³/mol. The first kappa shape index (κ1) is 7.43. The molecular formula is C5H11NO2. The zero-order valence-electron chi connectivity index (χ0n) is 5.26. The number of oxime groups is 1. The van der Waals surface area contributed by atoms with Gasteiger partial charge in [0, 0.05) is 6.61 Å². The van der Waals surface area contributed by atoms with E-state index in [-0.39, 0.29) is 0 Å². The summed E-state index contributed by atoms with van der Waals surface area (Å²) in [5, 5.41) is 3.46. The zero-order valence-corrected chi connectivity index (χ0v) is 5.26. The molecule has 0 aromatic carbocycles. The van der Waals surface area contributed by atoms with E-state index in [9.17, 15) is 0 Å². The molecule has 0 rings (SSSR count). The summed E-state index contributed by atoms with van der Waals surface area (Å²) in [7, 11) is 1.50. The molecule has 0 bridgehead atoms. The van der Waals surface area contributed by atoms with E-state index in [1.54, 1.807) is 6.21 Å². The molecule has 8 heavy (non-hydrogen) atoms. The lowest BCUT2D eigenvalue weighted by molar-refractivity contribution is 0.179. The molecule has 0 radical (unpaired) electrons. The third-order valence-corrected chi connectivity index (χ3v) is 0.576. The van der Waals surface area contributed by atoms with E-state index < -0.39 is 0 Å². The molecule has 0 N–H and O–H groups in total. The molecule has 0 heterocycles. The first-order valence-corrected chi connectivity index (χ1v) is 2.54. The SMILES string of the molecule is CCOCC=NOC. The summed E-state index contributed by atoms with van der Waals surface area (Å²) in [4.78, 5) is 4.38. The van der Waals surface area contributed by atoms with Gasteiger partial charge in [0.1, 0.15) is 7.11 Å². The number of nitrogens with zero attached hydrogens (tertiary/aromatic N) is 1. The minimum absolute atomic E-state index is 0.532. The van der Waals surface area contributed by atoms with Crippen LogP contribution in [-0.2, 0) is 9.57 Å². The van der Waals surface area contributed by atoms with Crippen LogP contribution in [0.1, 0.15) is 6.92 Å². The predicted octanol–water partition coefficient (Wildman–Crippen LogP) is 0.655. The van der Waals surface area contributed by atoms with Gasteiger partial charge in [0.2, 0.25) is 0 Å². The van der Waals surface area contributed by atoms with E-state index >= 15 is 0 Å². The van der Waals surface area contributed by atoms with Crippen molar-refractivity contribution in [3.8, 4) is 0 Å². The van der Waals surface area contributed by atoms with Gasteiger partial charge in [-0.05, 0) is 6.92 Å². The number of hydrogen-bond acceptors (Lipinski definition) is 3. The number of ether oxygens (including phenoxy) is 1. The van der Waals surface area contributed by atoms with Crippen LogP contribution in [0.3, 0.4) is 0 Å². The highest BCUT2D eigenvalue weighted by molar-refractivity contribution is 5.57. The Morgan fingerprint density at radius 1 is 1.62 bits per heavy atom. The normalized spacial score (nSPS) is 10.2. The molecular weight excluding hydrogens is 106 g/mol. The lowest BCUT2D eigenvalue weighted by Crippen LogP contribution is -1.93. The molecule has 0 saturated heterocycles. The molecule has 3 nitrogen and oxygen atoms in total. The van der Waals surface area contributed by atoms with Crippen molar-refractivity contribution in [2.45, 2.75) is 6.92 Å². The maximum absolute atomic E-state index is 4.91. The second-order valence-corrected chi connectivity index (χ2v) is 1.13. The van der Waals surface area contributed by atoms with Crippen molar-refractivity contribution >= 4 is 6.21 Å². The molecule has 0 unspecified atom stereocenters. The summed E-state index contributed by atoms with van der Waals surface area (Å²) < 4.78 is 4.91. The van der Waals surface area contributed by atoms with Crippen LogP contribution >= 0.6 is 0 Å². The van der Waals surface area contributed by atoms with Crippen molar-refractivity contribution in [1.82, 2.24) is 0 Å². The molecule has 0 saturated carbocycles. The topological polar surface area (TPSA) is 30.8 Å². The second kappa shape index (κ2) is 6.43. The quantitative estimate of drug-likeness (QED) is 0.307. The fraction of sp³-hybridized carbons (Fsp3) is 0.800. The first-order valence-electron chi connectivity index (χ1n) is 2.54. The summed E-state index contributed by atoms with van der Waals surface area (Å²) in [6.45, 7) is 3.18. The van der Waals surface area contributed by atoms with E-state index in [4.69, 9.17) is 4.74 Å². The Kier molecular flexibility index (Phi) is 5.97. The highest BCUT2D eigenvalue weighted by Gasteiger charge is 1.73. The highest BCUT2D eigenvalue weighted by atomic mass is 16.6. The van der Waals surface area contributed by atoms with Crippen molar-refractivity contribution < 1.29 is 9.57 Å². The summed E-state index contributed by atoms with van der Waals surface area (Å²) >= 11 is 0. The van der Waals surface area contributed by atoms with Crippen LogP contribution in [0.5, 0.6) is 0 Å². The molecule has 48 valence electrons. The molecule has 0 amide bonds. The van der Waals surface area contributed by atoms with Gasteiger partial charge in [-0.15, -0.1) is 0 Å². The van der Waals surface area contributed by atoms with Gasteiger partial charge in [0.05, 0.1) is 12.8 Å². The Hall–Kier alpha value is -0.570. The lowest BCUT2D eigenvalue weighted by atomic mass is 10.8. The molecule has 0 aliphatic heterocycles. The van der Waals surface area contributed by atoms with Gasteiger partial charge < -0.3 is 9.57 Å². The summed E-state index contributed by atoms with van der Waals surface area (Å²) in [6.07, 6.45) is 1.57. The molecule has 0 spiro atoms. The van der Waals surface area contributed by atoms with Crippen molar-refractivity contribution in [3.05, 3.63) is 0 Å². The van der Waals surface area contributed by atoms with E-state index in [1.165, 1.54) is 7.11 Å².